The number of ether oxygens (including phenoxy) is 1. The zero-order valence-corrected chi connectivity index (χ0v) is 8.49. The Kier molecular flexibility index (Phi) is 5.59. The number of methoxy groups -OCH3 is 1. The van der Waals surface area contributed by atoms with Crippen molar-refractivity contribution < 1.29 is 14.6 Å². The lowest BCUT2D eigenvalue weighted by atomic mass is 10.2. The molecule has 0 saturated carbocycles. The zero-order chi connectivity index (χ0) is 11.1. The van der Waals surface area contributed by atoms with Crippen molar-refractivity contribution in [3.8, 4) is 0 Å². The van der Waals surface area contributed by atoms with E-state index in [9.17, 15) is 4.79 Å². The maximum absolute atomic E-state index is 11.3. The van der Waals surface area contributed by atoms with Gasteiger partial charge in [0.1, 0.15) is 5.70 Å². The molecule has 0 aliphatic heterocycles. The summed E-state index contributed by atoms with van der Waals surface area (Å²) in [4.78, 5) is 12.8. The van der Waals surface area contributed by atoms with E-state index in [0.29, 0.717) is 5.57 Å². The second-order valence-electron chi connectivity index (χ2n) is 2.72. The van der Waals surface area contributed by atoms with Crippen LogP contribution in [-0.2, 0) is 9.53 Å². The van der Waals surface area contributed by atoms with E-state index in [1.54, 1.807) is 7.05 Å². The molecule has 0 rings (SSSR count). The van der Waals surface area contributed by atoms with Gasteiger partial charge in [-0.3, -0.25) is 0 Å². The molecule has 0 saturated heterocycles. The van der Waals surface area contributed by atoms with Crippen LogP contribution in [0.1, 0.15) is 0 Å². The first-order chi connectivity index (χ1) is 6.56. The first-order valence-corrected chi connectivity index (χ1v) is 4.06. The largest absolute Gasteiger partial charge is 0.464 e. The molecule has 0 atom stereocenters. The van der Waals surface area contributed by atoms with Gasteiger partial charge in [-0.1, -0.05) is 6.58 Å². The van der Waals surface area contributed by atoms with E-state index in [1.165, 1.54) is 18.1 Å². The summed E-state index contributed by atoms with van der Waals surface area (Å²) in [5.74, 6) is -0.507. The normalized spacial score (nSPS) is 11.0. The third-order valence-corrected chi connectivity index (χ3v) is 1.62. The predicted octanol–water partition coefficient (Wildman–Crippen LogP) is -0.560. The van der Waals surface area contributed by atoms with Gasteiger partial charge in [0.15, 0.2) is 0 Å². The highest BCUT2D eigenvalue weighted by Crippen LogP contribution is 2.06. The topological polar surface area (TPSA) is 75.8 Å². The van der Waals surface area contributed by atoms with Crippen molar-refractivity contribution in [3.63, 3.8) is 0 Å². The second kappa shape index (κ2) is 6.17. The average Bonchev–Trinajstić information content (AvgIpc) is 2.23. The summed E-state index contributed by atoms with van der Waals surface area (Å²) >= 11 is 0. The van der Waals surface area contributed by atoms with Gasteiger partial charge < -0.3 is 20.5 Å². The van der Waals surface area contributed by atoms with Crippen molar-refractivity contribution in [2.75, 3.05) is 27.4 Å². The van der Waals surface area contributed by atoms with Gasteiger partial charge in [-0.05, 0) is 11.6 Å². The number of likely N-dealkylation sites (N-methyl/N-ethyl adjacent to an activating group) is 1. The number of carbonyl (C=O) groups is 1. The van der Waals surface area contributed by atoms with Crippen LogP contribution in [0.15, 0.2) is 23.9 Å². The van der Waals surface area contributed by atoms with Crippen LogP contribution in [0.2, 0.25) is 0 Å². The smallest absolute Gasteiger partial charge is 0.354 e. The summed E-state index contributed by atoms with van der Waals surface area (Å²) < 4.78 is 4.55. The summed E-state index contributed by atoms with van der Waals surface area (Å²) in [6, 6.07) is 0. The molecule has 3 N–H and O–H groups in total. The average molecular weight is 200 g/mol. The maximum atomic E-state index is 11.3. The molecule has 5 nitrogen and oxygen atoms in total. The molecule has 0 aliphatic rings. The Labute approximate surface area is 83.4 Å². The van der Waals surface area contributed by atoms with E-state index in [4.69, 9.17) is 10.8 Å². The quantitative estimate of drug-likeness (QED) is 0.269. The monoisotopic (exact) mass is 200 g/mol. The van der Waals surface area contributed by atoms with Gasteiger partial charge in [0.05, 0.1) is 20.4 Å². The predicted molar refractivity (Wildman–Crippen MR) is 53.1 cm³/mol. The first kappa shape index (κ1) is 12.7. The van der Waals surface area contributed by atoms with Crippen LogP contribution in [0.25, 0.3) is 0 Å². The Morgan fingerprint density at radius 2 is 2.29 bits per heavy atom. The highest BCUT2D eigenvalue weighted by molar-refractivity contribution is 5.88. The van der Waals surface area contributed by atoms with Crippen LogP contribution >= 0.6 is 0 Å². The highest BCUT2D eigenvalue weighted by Gasteiger charge is 2.13. The number of hydrogen-bond acceptors (Lipinski definition) is 5. The summed E-state index contributed by atoms with van der Waals surface area (Å²) in [5.41, 5.74) is 6.06. The molecule has 0 aromatic heterocycles. The molecular weight excluding hydrogens is 184 g/mol. The fourth-order valence-corrected chi connectivity index (χ4v) is 0.767. The summed E-state index contributed by atoms with van der Waals surface area (Å²) in [6.45, 7) is 3.52. The van der Waals surface area contributed by atoms with Crippen LogP contribution in [-0.4, -0.2) is 43.4 Å². The van der Waals surface area contributed by atoms with Crippen molar-refractivity contribution in [2.24, 2.45) is 5.73 Å². The minimum Gasteiger partial charge on any atom is -0.464 e. The van der Waals surface area contributed by atoms with Crippen molar-refractivity contribution in [2.45, 2.75) is 0 Å². The van der Waals surface area contributed by atoms with Crippen molar-refractivity contribution >= 4 is 5.97 Å². The van der Waals surface area contributed by atoms with E-state index in [1.807, 2.05) is 0 Å². The third kappa shape index (κ3) is 3.59. The Morgan fingerprint density at radius 1 is 1.71 bits per heavy atom. The SMILES string of the molecule is C=C(/C=C(/C(=O)OC)N(C)CN)CO. The fraction of sp³-hybridized carbons (Fsp3) is 0.444. The zero-order valence-electron chi connectivity index (χ0n) is 8.49. The van der Waals surface area contributed by atoms with Gasteiger partial charge >= 0.3 is 5.97 Å². The molecule has 0 heterocycles. The number of hydrogen-bond donors (Lipinski definition) is 2. The molecule has 0 unspecified atom stereocenters. The second-order valence-corrected chi connectivity index (χ2v) is 2.72. The Balaban J connectivity index is 4.80. The molecule has 0 aliphatic carbocycles. The molecule has 0 amide bonds. The van der Waals surface area contributed by atoms with E-state index < -0.39 is 5.97 Å². The Morgan fingerprint density at radius 3 is 2.64 bits per heavy atom. The van der Waals surface area contributed by atoms with E-state index in [0.717, 1.165) is 0 Å². The Bertz CT molecular complexity index is 248. The number of nitrogens with zero attached hydrogens (tertiary/aromatic N) is 1. The van der Waals surface area contributed by atoms with Crippen LogP contribution in [0.3, 0.4) is 0 Å². The number of esters is 1. The molecule has 14 heavy (non-hydrogen) atoms. The van der Waals surface area contributed by atoms with Gasteiger partial charge in [-0.15, -0.1) is 0 Å². The number of nitrogens with two attached hydrogens (primary N) is 1. The molecule has 0 radical (unpaired) electrons. The van der Waals surface area contributed by atoms with Gasteiger partial charge in [-0.2, -0.15) is 0 Å². The summed E-state index contributed by atoms with van der Waals surface area (Å²) in [7, 11) is 2.93. The maximum Gasteiger partial charge on any atom is 0.354 e. The van der Waals surface area contributed by atoms with E-state index in [2.05, 4.69) is 11.3 Å². The van der Waals surface area contributed by atoms with Crippen LogP contribution < -0.4 is 5.73 Å². The highest BCUT2D eigenvalue weighted by atomic mass is 16.5. The number of rotatable bonds is 5. The van der Waals surface area contributed by atoms with Gasteiger partial charge in [-0.25, -0.2) is 4.79 Å². The third-order valence-electron chi connectivity index (χ3n) is 1.62. The molecule has 0 fully saturated rings. The van der Waals surface area contributed by atoms with Crippen LogP contribution in [0.4, 0.5) is 0 Å². The van der Waals surface area contributed by atoms with Crippen molar-refractivity contribution in [3.05, 3.63) is 23.9 Å². The van der Waals surface area contributed by atoms with Crippen molar-refractivity contribution in [1.29, 1.82) is 0 Å². The minimum absolute atomic E-state index is 0.180. The van der Waals surface area contributed by atoms with E-state index >= 15 is 0 Å². The van der Waals surface area contributed by atoms with Crippen LogP contribution in [0.5, 0.6) is 0 Å². The molecular formula is C9H16N2O3. The minimum atomic E-state index is -0.507. The van der Waals surface area contributed by atoms with Crippen molar-refractivity contribution in [1.82, 2.24) is 4.90 Å². The number of aliphatic hydroxyl groups excluding tert-OH is 1. The lowest BCUT2D eigenvalue weighted by molar-refractivity contribution is -0.137. The standard InChI is InChI=1S/C9H16N2O3/c1-7(5-12)4-8(9(13)14-3)11(2)6-10/h4,12H,1,5-6,10H2,2-3H3/b8-4-. The summed E-state index contributed by atoms with van der Waals surface area (Å²) in [6.07, 6.45) is 1.44. The van der Waals surface area contributed by atoms with E-state index in [-0.39, 0.29) is 19.0 Å². The number of carbonyl (C=O) groups excluding carboxylic acids is 1. The van der Waals surface area contributed by atoms with Crippen LogP contribution in [0, 0.1) is 0 Å². The number of aliphatic hydroxyl groups is 1. The molecule has 0 bridgehead atoms. The molecule has 80 valence electrons. The lowest BCUT2D eigenvalue weighted by Gasteiger charge is -2.18. The lowest BCUT2D eigenvalue weighted by Crippen LogP contribution is -2.30. The molecule has 0 spiro atoms. The molecule has 0 aromatic rings. The van der Waals surface area contributed by atoms with Gasteiger partial charge in [0, 0.05) is 7.05 Å². The molecule has 5 heteroatoms. The molecule has 0 aromatic carbocycles. The Hall–Kier alpha value is -1.33. The fourth-order valence-electron chi connectivity index (χ4n) is 0.767. The first-order valence-electron chi connectivity index (χ1n) is 4.06. The summed E-state index contributed by atoms with van der Waals surface area (Å²) in [5, 5.41) is 8.75. The van der Waals surface area contributed by atoms with Gasteiger partial charge in [0.2, 0.25) is 0 Å². The van der Waals surface area contributed by atoms with Gasteiger partial charge in [0.25, 0.3) is 0 Å².